The molecule has 1 unspecified atom stereocenters. The molecule has 19 heavy (non-hydrogen) atoms. The second-order valence-electron chi connectivity index (χ2n) is 5.15. The molecule has 1 saturated heterocycles. The van der Waals surface area contributed by atoms with Crippen molar-refractivity contribution in [3.63, 3.8) is 0 Å². The first-order chi connectivity index (χ1) is 9.15. The fourth-order valence-electron chi connectivity index (χ4n) is 2.72. The quantitative estimate of drug-likeness (QED) is 0.879. The zero-order valence-electron chi connectivity index (χ0n) is 10.8. The van der Waals surface area contributed by atoms with Gasteiger partial charge in [-0.3, -0.25) is 0 Å². The van der Waals surface area contributed by atoms with E-state index in [9.17, 15) is 0 Å². The number of piperazine rings is 1. The Morgan fingerprint density at radius 2 is 2.32 bits per heavy atom. The first-order valence-electron chi connectivity index (χ1n) is 6.51. The topological polar surface area (TPSA) is 31.1 Å². The van der Waals surface area contributed by atoms with E-state index in [1.807, 2.05) is 12.1 Å². The molecular formula is C14H17BrClN3. The van der Waals surface area contributed by atoms with Crippen LogP contribution in [0.25, 0.3) is 10.9 Å². The molecule has 1 aliphatic rings. The molecule has 2 N–H and O–H groups in total. The highest BCUT2D eigenvalue weighted by atomic mass is 79.9. The van der Waals surface area contributed by atoms with Crippen LogP contribution in [-0.4, -0.2) is 42.6 Å². The Morgan fingerprint density at radius 3 is 3.11 bits per heavy atom. The van der Waals surface area contributed by atoms with E-state index in [1.54, 1.807) is 0 Å². The van der Waals surface area contributed by atoms with Crippen molar-refractivity contribution >= 4 is 38.4 Å². The second kappa shape index (κ2) is 5.44. The van der Waals surface area contributed by atoms with Crippen LogP contribution >= 0.6 is 27.5 Å². The summed E-state index contributed by atoms with van der Waals surface area (Å²) in [7, 11) is 2.20. The van der Waals surface area contributed by atoms with E-state index in [0.717, 1.165) is 41.2 Å². The number of hydrogen-bond donors (Lipinski definition) is 2. The zero-order valence-corrected chi connectivity index (χ0v) is 13.2. The van der Waals surface area contributed by atoms with Crippen molar-refractivity contribution in [2.75, 3.05) is 26.7 Å². The molecule has 0 bridgehead atoms. The third-order valence-corrected chi connectivity index (χ3v) is 4.81. The summed E-state index contributed by atoms with van der Waals surface area (Å²) in [5.74, 6) is 0. The lowest BCUT2D eigenvalue weighted by atomic mass is 10.0. The van der Waals surface area contributed by atoms with Gasteiger partial charge in [0, 0.05) is 41.6 Å². The molecule has 0 radical (unpaired) electrons. The number of aromatic nitrogens is 1. The van der Waals surface area contributed by atoms with Gasteiger partial charge in [0.1, 0.15) is 0 Å². The highest BCUT2D eigenvalue weighted by molar-refractivity contribution is 9.10. The minimum atomic E-state index is 0.541. The number of benzene rings is 1. The largest absolute Gasteiger partial charge is 0.349 e. The van der Waals surface area contributed by atoms with Gasteiger partial charge < -0.3 is 15.2 Å². The van der Waals surface area contributed by atoms with Crippen molar-refractivity contribution in [3.05, 3.63) is 33.4 Å². The van der Waals surface area contributed by atoms with Crippen LogP contribution in [0.3, 0.4) is 0 Å². The fraction of sp³-hybridized carbons (Fsp3) is 0.429. The minimum Gasteiger partial charge on any atom is -0.349 e. The molecule has 1 fully saturated rings. The van der Waals surface area contributed by atoms with Crippen molar-refractivity contribution in [2.45, 2.75) is 12.5 Å². The summed E-state index contributed by atoms with van der Waals surface area (Å²) in [5, 5.41) is 5.49. The summed E-state index contributed by atoms with van der Waals surface area (Å²) in [6.07, 6.45) is 1.03. The van der Waals surface area contributed by atoms with Crippen molar-refractivity contribution in [1.29, 1.82) is 0 Å². The van der Waals surface area contributed by atoms with E-state index in [1.165, 1.54) is 10.9 Å². The van der Waals surface area contributed by atoms with Gasteiger partial charge in [0.05, 0.1) is 4.60 Å². The monoisotopic (exact) mass is 341 g/mol. The molecule has 2 heterocycles. The molecular weight excluding hydrogens is 326 g/mol. The molecule has 1 aliphatic heterocycles. The number of rotatable bonds is 2. The highest BCUT2D eigenvalue weighted by Crippen LogP contribution is 2.30. The van der Waals surface area contributed by atoms with E-state index in [0.29, 0.717) is 6.04 Å². The molecule has 1 atom stereocenters. The molecule has 0 aliphatic carbocycles. The number of aromatic amines is 1. The maximum absolute atomic E-state index is 6.04. The number of H-pyrrole nitrogens is 1. The smallest absolute Gasteiger partial charge is 0.0864 e. The Hall–Kier alpha value is -0.550. The van der Waals surface area contributed by atoms with Crippen LogP contribution < -0.4 is 5.32 Å². The Kier molecular flexibility index (Phi) is 3.85. The Labute approximate surface area is 126 Å². The number of halogens is 2. The zero-order chi connectivity index (χ0) is 13.4. The molecule has 1 aromatic carbocycles. The van der Waals surface area contributed by atoms with E-state index >= 15 is 0 Å². The third kappa shape index (κ3) is 2.68. The minimum absolute atomic E-state index is 0.541. The van der Waals surface area contributed by atoms with E-state index in [2.05, 4.69) is 44.2 Å². The number of nitrogens with zero attached hydrogens (tertiary/aromatic N) is 1. The van der Waals surface area contributed by atoms with Gasteiger partial charge in [-0.25, -0.2) is 0 Å². The summed E-state index contributed by atoms with van der Waals surface area (Å²) < 4.78 is 1.07. The molecule has 3 rings (SSSR count). The fourth-order valence-corrected chi connectivity index (χ4v) is 3.48. The van der Waals surface area contributed by atoms with E-state index in [4.69, 9.17) is 11.6 Å². The first kappa shape index (κ1) is 13.4. The average molecular weight is 343 g/mol. The molecule has 0 amide bonds. The van der Waals surface area contributed by atoms with Gasteiger partial charge in [-0.05, 0) is 47.1 Å². The molecule has 2 aromatic rings. The van der Waals surface area contributed by atoms with Crippen molar-refractivity contribution < 1.29 is 0 Å². The van der Waals surface area contributed by atoms with Crippen LogP contribution in [0, 0.1) is 0 Å². The normalized spacial score (nSPS) is 21.1. The van der Waals surface area contributed by atoms with Gasteiger partial charge in [0.25, 0.3) is 0 Å². The highest BCUT2D eigenvalue weighted by Gasteiger charge is 2.21. The van der Waals surface area contributed by atoms with E-state index < -0.39 is 0 Å². The van der Waals surface area contributed by atoms with Crippen LogP contribution in [0.4, 0.5) is 0 Å². The van der Waals surface area contributed by atoms with Crippen LogP contribution in [-0.2, 0) is 6.42 Å². The molecule has 102 valence electrons. The average Bonchev–Trinajstić information content (AvgIpc) is 2.68. The maximum atomic E-state index is 6.04. The summed E-state index contributed by atoms with van der Waals surface area (Å²) in [5.41, 5.74) is 2.44. The van der Waals surface area contributed by atoms with Gasteiger partial charge in [0.15, 0.2) is 0 Å². The molecule has 0 spiro atoms. The van der Waals surface area contributed by atoms with Crippen molar-refractivity contribution in [1.82, 2.24) is 15.2 Å². The van der Waals surface area contributed by atoms with Crippen LogP contribution in [0.2, 0.25) is 5.02 Å². The van der Waals surface area contributed by atoms with Gasteiger partial charge in [-0.2, -0.15) is 0 Å². The standard InChI is InChI=1S/C14H17BrClN3/c1-19-5-4-17-8-10(19)7-12-11-3-2-9(16)6-13(11)18-14(12)15/h2-3,6,10,17-18H,4-5,7-8H2,1H3. The van der Waals surface area contributed by atoms with Crippen molar-refractivity contribution in [2.24, 2.45) is 0 Å². The number of likely N-dealkylation sites (N-methyl/N-ethyl adjacent to an activating group) is 1. The van der Waals surface area contributed by atoms with Gasteiger partial charge in [-0.15, -0.1) is 0 Å². The summed E-state index contributed by atoms with van der Waals surface area (Å²) in [6.45, 7) is 3.23. The summed E-state index contributed by atoms with van der Waals surface area (Å²) in [6, 6.07) is 6.58. The van der Waals surface area contributed by atoms with E-state index in [-0.39, 0.29) is 0 Å². The Morgan fingerprint density at radius 1 is 1.47 bits per heavy atom. The molecule has 3 nitrogen and oxygen atoms in total. The van der Waals surface area contributed by atoms with Crippen LogP contribution in [0.1, 0.15) is 5.56 Å². The van der Waals surface area contributed by atoms with Gasteiger partial charge >= 0.3 is 0 Å². The van der Waals surface area contributed by atoms with Gasteiger partial charge in [-0.1, -0.05) is 17.7 Å². The number of nitrogens with one attached hydrogen (secondary N) is 2. The predicted molar refractivity (Wildman–Crippen MR) is 84.0 cm³/mol. The second-order valence-corrected chi connectivity index (χ2v) is 6.38. The predicted octanol–water partition coefficient (Wildman–Crippen LogP) is 3.03. The summed E-state index contributed by atoms with van der Waals surface area (Å²) >= 11 is 9.69. The first-order valence-corrected chi connectivity index (χ1v) is 7.69. The van der Waals surface area contributed by atoms with Crippen molar-refractivity contribution in [3.8, 4) is 0 Å². The van der Waals surface area contributed by atoms with Gasteiger partial charge in [0.2, 0.25) is 0 Å². The lowest BCUT2D eigenvalue weighted by Crippen LogP contribution is -2.50. The molecule has 0 saturated carbocycles. The Bertz CT molecular complexity index is 596. The Balaban J connectivity index is 1.93. The summed E-state index contributed by atoms with van der Waals surface area (Å²) in [4.78, 5) is 5.79. The van der Waals surface area contributed by atoms with Crippen LogP contribution in [0.15, 0.2) is 22.8 Å². The third-order valence-electron chi connectivity index (χ3n) is 3.90. The number of fused-ring (bicyclic) bond motifs is 1. The lowest BCUT2D eigenvalue weighted by Gasteiger charge is -2.33. The maximum Gasteiger partial charge on any atom is 0.0864 e. The molecule has 5 heteroatoms. The SMILES string of the molecule is CN1CCNCC1Cc1c(Br)[nH]c2cc(Cl)ccc12. The van der Waals surface area contributed by atoms with Crippen LogP contribution in [0.5, 0.6) is 0 Å². The number of hydrogen-bond acceptors (Lipinski definition) is 2. The molecule has 1 aromatic heterocycles. The lowest BCUT2D eigenvalue weighted by molar-refractivity contribution is 0.199.